The Morgan fingerprint density at radius 1 is 1.03 bits per heavy atom. The first-order valence-electron chi connectivity index (χ1n) is 12.1. The fourth-order valence-corrected chi connectivity index (χ4v) is 5.07. The van der Waals surface area contributed by atoms with E-state index in [0.29, 0.717) is 40.8 Å². The minimum atomic E-state index is -0.519. The van der Waals surface area contributed by atoms with Crippen molar-refractivity contribution in [1.82, 2.24) is 5.32 Å². The molecule has 0 spiro atoms. The molecule has 9 heteroatoms. The first kappa shape index (κ1) is 22.2. The molecule has 2 aromatic carbocycles. The molecular weight excluding hydrogens is 452 g/mol. The Morgan fingerprint density at radius 3 is 2.69 bits per heavy atom. The van der Waals surface area contributed by atoms with Crippen LogP contribution in [0.3, 0.4) is 0 Å². The minimum absolute atomic E-state index is 0.0269. The number of carbonyl (C=O) groups excluding carboxylic acids is 2. The molecule has 0 bridgehead atoms. The molecule has 0 aromatic heterocycles. The fourth-order valence-electron chi connectivity index (χ4n) is 5.07. The molecule has 184 valence electrons. The SMILES string of the molecule is O=C(C[C@@H]1C[C@H]2c3cc(NC(=O)c4ccc5c(c4)OCO5)ccc3O[C@H]2[C@@H](CO)O1)NCC1CC1. The van der Waals surface area contributed by atoms with Crippen LogP contribution in [0.2, 0.25) is 0 Å². The van der Waals surface area contributed by atoms with E-state index in [2.05, 4.69) is 10.6 Å². The number of aliphatic hydroxyl groups is 1. The molecule has 6 rings (SSSR count). The van der Waals surface area contributed by atoms with Gasteiger partial charge in [-0.1, -0.05) is 0 Å². The van der Waals surface area contributed by atoms with Gasteiger partial charge in [0.05, 0.1) is 19.1 Å². The van der Waals surface area contributed by atoms with E-state index in [1.807, 2.05) is 12.1 Å². The number of nitrogens with one attached hydrogen (secondary N) is 2. The van der Waals surface area contributed by atoms with E-state index in [9.17, 15) is 14.7 Å². The molecule has 3 heterocycles. The number of rotatable bonds is 7. The van der Waals surface area contributed by atoms with Crippen LogP contribution >= 0.6 is 0 Å². The molecule has 0 radical (unpaired) electrons. The van der Waals surface area contributed by atoms with Gasteiger partial charge in [-0.2, -0.15) is 0 Å². The number of aliphatic hydroxyl groups excluding tert-OH is 1. The average molecular weight is 481 g/mol. The number of ether oxygens (including phenoxy) is 4. The molecule has 0 unspecified atom stereocenters. The van der Waals surface area contributed by atoms with E-state index in [4.69, 9.17) is 18.9 Å². The van der Waals surface area contributed by atoms with Crippen molar-refractivity contribution in [1.29, 1.82) is 0 Å². The van der Waals surface area contributed by atoms with Gasteiger partial charge in [-0.3, -0.25) is 9.59 Å². The van der Waals surface area contributed by atoms with Crippen molar-refractivity contribution in [3.8, 4) is 17.2 Å². The number of amides is 2. The number of anilines is 1. The van der Waals surface area contributed by atoms with Crippen LogP contribution in [-0.4, -0.2) is 55.2 Å². The largest absolute Gasteiger partial charge is 0.487 e. The molecule has 2 fully saturated rings. The number of hydrogen-bond acceptors (Lipinski definition) is 7. The lowest BCUT2D eigenvalue weighted by Gasteiger charge is -2.37. The maximum atomic E-state index is 12.8. The second-order valence-electron chi connectivity index (χ2n) is 9.63. The van der Waals surface area contributed by atoms with Crippen LogP contribution in [0.25, 0.3) is 0 Å². The van der Waals surface area contributed by atoms with Crippen LogP contribution in [0.1, 0.15) is 47.5 Å². The summed E-state index contributed by atoms with van der Waals surface area (Å²) in [6, 6.07) is 10.6. The maximum absolute atomic E-state index is 12.8. The highest BCUT2D eigenvalue weighted by atomic mass is 16.7. The molecule has 1 saturated heterocycles. The lowest BCUT2D eigenvalue weighted by molar-refractivity contribution is -0.142. The van der Waals surface area contributed by atoms with Crippen molar-refractivity contribution in [2.75, 3.05) is 25.3 Å². The summed E-state index contributed by atoms with van der Waals surface area (Å²) in [6.45, 7) is 0.679. The van der Waals surface area contributed by atoms with Crippen LogP contribution in [0, 0.1) is 5.92 Å². The summed E-state index contributed by atoms with van der Waals surface area (Å²) < 4.78 is 22.8. The van der Waals surface area contributed by atoms with E-state index in [1.165, 1.54) is 12.8 Å². The van der Waals surface area contributed by atoms with Gasteiger partial charge in [0, 0.05) is 29.3 Å². The monoisotopic (exact) mass is 480 g/mol. The molecule has 1 aliphatic carbocycles. The summed E-state index contributed by atoms with van der Waals surface area (Å²) in [5.74, 6) is 2.16. The predicted molar refractivity (Wildman–Crippen MR) is 125 cm³/mol. The molecule has 4 aliphatic rings. The molecule has 3 aliphatic heterocycles. The Morgan fingerprint density at radius 2 is 1.86 bits per heavy atom. The van der Waals surface area contributed by atoms with Gasteiger partial charge in [-0.05, 0) is 61.6 Å². The van der Waals surface area contributed by atoms with Gasteiger partial charge in [-0.15, -0.1) is 0 Å². The van der Waals surface area contributed by atoms with Crippen molar-refractivity contribution in [3.63, 3.8) is 0 Å². The lowest BCUT2D eigenvalue weighted by Crippen LogP contribution is -2.47. The number of hydrogen-bond donors (Lipinski definition) is 3. The van der Waals surface area contributed by atoms with Gasteiger partial charge >= 0.3 is 0 Å². The van der Waals surface area contributed by atoms with Gasteiger partial charge in [-0.25, -0.2) is 0 Å². The third-order valence-corrected chi connectivity index (χ3v) is 7.09. The Bertz CT molecular complexity index is 1150. The summed E-state index contributed by atoms with van der Waals surface area (Å²) in [4.78, 5) is 25.3. The number of carbonyl (C=O) groups is 2. The average Bonchev–Trinajstić information content (AvgIpc) is 3.45. The zero-order chi connectivity index (χ0) is 23.9. The zero-order valence-corrected chi connectivity index (χ0v) is 19.2. The zero-order valence-electron chi connectivity index (χ0n) is 19.2. The highest BCUT2D eigenvalue weighted by molar-refractivity contribution is 6.04. The molecule has 9 nitrogen and oxygen atoms in total. The first-order valence-corrected chi connectivity index (χ1v) is 12.1. The Hall–Kier alpha value is -3.30. The molecule has 1 saturated carbocycles. The second-order valence-corrected chi connectivity index (χ2v) is 9.63. The van der Waals surface area contributed by atoms with Crippen molar-refractivity contribution >= 4 is 17.5 Å². The smallest absolute Gasteiger partial charge is 0.255 e. The normalized spacial score (nSPS) is 25.9. The summed E-state index contributed by atoms with van der Waals surface area (Å²) in [5, 5.41) is 15.9. The molecule has 2 amide bonds. The van der Waals surface area contributed by atoms with Gasteiger partial charge in [0.15, 0.2) is 11.5 Å². The van der Waals surface area contributed by atoms with Gasteiger partial charge in [0.2, 0.25) is 12.7 Å². The Kier molecular flexibility index (Phi) is 5.74. The van der Waals surface area contributed by atoms with Crippen molar-refractivity contribution in [2.45, 2.75) is 49.9 Å². The van der Waals surface area contributed by atoms with Crippen LogP contribution in [0.15, 0.2) is 36.4 Å². The summed E-state index contributed by atoms with van der Waals surface area (Å²) in [7, 11) is 0. The molecule has 2 aromatic rings. The molecule has 35 heavy (non-hydrogen) atoms. The van der Waals surface area contributed by atoms with E-state index in [1.54, 1.807) is 24.3 Å². The molecule has 4 atom stereocenters. The summed E-state index contributed by atoms with van der Waals surface area (Å²) in [5.41, 5.74) is 2.05. The van der Waals surface area contributed by atoms with E-state index in [0.717, 1.165) is 12.1 Å². The quantitative estimate of drug-likeness (QED) is 0.558. The topological polar surface area (TPSA) is 115 Å². The van der Waals surface area contributed by atoms with Crippen molar-refractivity contribution < 1.29 is 33.6 Å². The lowest BCUT2D eigenvalue weighted by atomic mass is 9.84. The Balaban J connectivity index is 1.16. The van der Waals surface area contributed by atoms with Crippen LogP contribution in [0.5, 0.6) is 17.2 Å². The number of fused-ring (bicyclic) bond motifs is 4. The van der Waals surface area contributed by atoms with Gasteiger partial charge < -0.3 is 34.7 Å². The fraction of sp³-hybridized carbons (Fsp3) is 0.462. The molecular formula is C26H28N2O7. The standard InChI is InChI=1S/C26H28N2O7/c29-12-23-25-19(9-17(34-23)10-24(30)27-11-14-1-2-14)18-8-16(4-6-20(18)35-25)28-26(31)15-3-5-21-22(7-15)33-13-32-21/h3-8,14,17,19,23,25,29H,1-2,9-13H2,(H,27,30)(H,28,31)/t17-,19-,23+,25+/m0/s1. The predicted octanol–water partition coefficient (Wildman–Crippen LogP) is 2.58. The number of benzene rings is 2. The van der Waals surface area contributed by atoms with Crippen molar-refractivity contribution in [3.05, 3.63) is 47.5 Å². The highest BCUT2D eigenvalue weighted by Gasteiger charge is 2.46. The molecule has 3 N–H and O–H groups in total. The maximum Gasteiger partial charge on any atom is 0.255 e. The van der Waals surface area contributed by atoms with E-state index < -0.39 is 6.10 Å². The third kappa shape index (κ3) is 4.53. The second kappa shape index (κ2) is 9.05. The highest BCUT2D eigenvalue weighted by Crippen LogP contribution is 2.47. The van der Waals surface area contributed by atoms with Gasteiger partial charge in [0.25, 0.3) is 5.91 Å². The van der Waals surface area contributed by atoms with Crippen molar-refractivity contribution in [2.24, 2.45) is 5.92 Å². The first-order chi connectivity index (χ1) is 17.1. The summed E-state index contributed by atoms with van der Waals surface area (Å²) >= 11 is 0. The van der Waals surface area contributed by atoms with Crippen LogP contribution in [0.4, 0.5) is 5.69 Å². The third-order valence-electron chi connectivity index (χ3n) is 7.09. The summed E-state index contributed by atoms with van der Waals surface area (Å²) in [6.07, 6.45) is 2.05. The van der Waals surface area contributed by atoms with E-state index >= 15 is 0 Å². The minimum Gasteiger partial charge on any atom is -0.487 e. The Labute approximate surface area is 202 Å². The van der Waals surface area contributed by atoms with Crippen LogP contribution in [-0.2, 0) is 9.53 Å². The van der Waals surface area contributed by atoms with E-state index in [-0.39, 0.29) is 49.8 Å². The van der Waals surface area contributed by atoms with Crippen LogP contribution < -0.4 is 24.8 Å². The van der Waals surface area contributed by atoms with Gasteiger partial charge in [0.1, 0.15) is 18.0 Å².